The zero-order valence-corrected chi connectivity index (χ0v) is 19.4. The van der Waals surface area contributed by atoms with E-state index in [1.54, 1.807) is 24.3 Å². The fourth-order valence-corrected chi connectivity index (χ4v) is 4.40. The summed E-state index contributed by atoms with van der Waals surface area (Å²) in [6, 6.07) is 19.8. The zero-order valence-electron chi connectivity index (χ0n) is 17.1. The van der Waals surface area contributed by atoms with Crippen LogP contribution in [0.25, 0.3) is 0 Å². The molecular weight excluding hydrogens is 451 g/mol. The highest BCUT2D eigenvalue weighted by molar-refractivity contribution is 8.00. The Kier molecular flexibility index (Phi) is 8.02. The van der Waals surface area contributed by atoms with Crippen molar-refractivity contribution in [3.05, 3.63) is 87.9 Å². The summed E-state index contributed by atoms with van der Waals surface area (Å²) < 4.78 is 0. The van der Waals surface area contributed by atoms with Gasteiger partial charge in [-0.3, -0.25) is 9.59 Å². The van der Waals surface area contributed by atoms with E-state index in [0.29, 0.717) is 33.4 Å². The molecule has 0 spiro atoms. The highest BCUT2D eigenvalue weighted by Gasteiger charge is 2.19. The summed E-state index contributed by atoms with van der Waals surface area (Å²) in [5.41, 5.74) is 2.82. The summed E-state index contributed by atoms with van der Waals surface area (Å²) in [4.78, 5) is 26.2. The van der Waals surface area contributed by atoms with Gasteiger partial charge in [-0.15, -0.1) is 11.8 Å². The van der Waals surface area contributed by atoms with Crippen LogP contribution >= 0.6 is 35.0 Å². The molecule has 4 nitrogen and oxygen atoms in total. The Balaban J connectivity index is 1.68. The number of carbonyl (C=O) groups excluding carboxylic acids is 2. The number of anilines is 2. The Bertz CT molecular complexity index is 1100. The van der Waals surface area contributed by atoms with Crippen LogP contribution in [0.1, 0.15) is 29.3 Å². The Morgan fingerprint density at radius 2 is 1.74 bits per heavy atom. The molecule has 2 amide bonds. The van der Waals surface area contributed by atoms with Gasteiger partial charge in [0.05, 0.1) is 16.0 Å². The molecule has 0 aliphatic rings. The third kappa shape index (κ3) is 6.50. The highest BCUT2D eigenvalue weighted by atomic mass is 35.5. The second-order valence-corrected chi connectivity index (χ2v) is 9.10. The minimum Gasteiger partial charge on any atom is -0.324 e. The normalized spacial score (nSPS) is 11.6. The molecule has 2 N–H and O–H groups in total. The molecule has 0 fully saturated rings. The lowest BCUT2D eigenvalue weighted by molar-refractivity contribution is -0.115. The molecule has 1 atom stereocenters. The van der Waals surface area contributed by atoms with Gasteiger partial charge in [0.25, 0.3) is 5.91 Å². The van der Waals surface area contributed by atoms with Crippen molar-refractivity contribution >= 4 is 58.2 Å². The molecule has 0 radical (unpaired) electrons. The summed E-state index contributed by atoms with van der Waals surface area (Å²) >= 11 is 13.5. The van der Waals surface area contributed by atoms with Gasteiger partial charge in [-0.05, 0) is 61.9 Å². The Labute approximate surface area is 196 Å². The van der Waals surface area contributed by atoms with Crippen LogP contribution in [0.2, 0.25) is 10.0 Å². The molecule has 0 bridgehead atoms. The van der Waals surface area contributed by atoms with Crippen molar-refractivity contribution in [1.29, 1.82) is 0 Å². The van der Waals surface area contributed by atoms with Crippen LogP contribution < -0.4 is 10.6 Å². The maximum absolute atomic E-state index is 12.8. The van der Waals surface area contributed by atoms with E-state index in [4.69, 9.17) is 23.2 Å². The molecule has 0 aromatic heterocycles. The number of hydrogen-bond donors (Lipinski definition) is 2. The summed E-state index contributed by atoms with van der Waals surface area (Å²) in [5.74, 6) is -0.320. The largest absolute Gasteiger partial charge is 0.324 e. The van der Waals surface area contributed by atoms with Crippen LogP contribution in [0.3, 0.4) is 0 Å². The van der Waals surface area contributed by atoms with Gasteiger partial charge < -0.3 is 10.6 Å². The summed E-state index contributed by atoms with van der Waals surface area (Å²) in [7, 11) is 0. The van der Waals surface area contributed by atoms with E-state index in [9.17, 15) is 9.59 Å². The first-order chi connectivity index (χ1) is 14.9. The molecule has 0 saturated carbocycles. The highest BCUT2D eigenvalue weighted by Crippen LogP contribution is 2.30. The van der Waals surface area contributed by atoms with Gasteiger partial charge in [0.15, 0.2) is 0 Å². The summed E-state index contributed by atoms with van der Waals surface area (Å²) in [6.07, 6.45) is 0.627. The van der Waals surface area contributed by atoms with E-state index < -0.39 is 0 Å². The van der Waals surface area contributed by atoms with Crippen LogP contribution in [-0.2, 0) is 4.79 Å². The first kappa shape index (κ1) is 23.2. The monoisotopic (exact) mass is 472 g/mol. The number of amides is 2. The molecule has 3 aromatic carbocycles. The summed E-state index contributed by atoms with van der Waals surface area (Å²) in [5, 5.41) is 6.35. The van der Waals surface area contributed by atoms with E-state index in [2.05, 4.69) is 10.6 Å². The molecular formula is C24H22Cl2N2O2S. The fourth-order valence-electron chi connectivity index (χ4n) is 2.93. The third-order valence-electron chi connectivity index (χ3n) is 4.50. The molecule has 0 heterocycles. The van der Waals surface area contributed by atoms with E-state index in [1.807, 2.05) is 56.3 Å². The minimum absolute atomic E-state index is 0.147. The van der Waals surface area contributed by atoms with Gasteiger partial charge in [-0.25, -0.2) is 0 Å². The Morgan fingerprint density at radius 3 is 2.45 bits per heavy atom. The predicted octanol–water partition coefficient (Wildman–Crippen LogP) is 7.06. The quantitative estimate of drug-likeness (QED) is 0.361. The van der Waals surface area contributed by atoms with Gasteiger partial charge in [0, 0.05) is 21.2 Å². The number of benzene rings is 3. The van der Waals surface area contributed by atoms with Crippen LogP contribution in [0.4, 0.5) is 11.4 Å². The number of halogens is 2. The van der Waals surface area contributed by atoms with Gasteiger partial charge in [0.2, 0.25) is 5.91 Å². The first-order valence-electron chi connectivity index (χ1n) is 9.76. The SMILES string of the molecule is CCC(Sc1cccc(NC(=O)c2cccc(C)c2)c1)C(=O)Nc1ccc(Cl)cc1Cl. The van der Waals surface area contributed by atoms with Crippen molar-refractivity contribution in [2.45, 2.75) is 30.4 Å². The van der Waals surface area contributed by atoms with Crippen molar-refractivity contribution in [3.8, 4) is 0 Å². The van der Waals surface area contributed by atoms with Crippen molar-refractivity contribution in [1.82, 2.24) is 0 Å². The van der Waals surface area contributed by atoms with Crippen LogP contribution in [-0.4, -0.2) is 17.1 Å². The van der Waals surface area contributed by atoms with Crippen LogP contribution in [0, 0.1) is 6.92 Å². The Hall–Kier alpha value is -2.47. The lowest BCUT2D eigenvalue weighted by atomic mass is 10.1. The van der Waals surface area contributed by atoms with Gasteiger partial charge >= 0.3 is 0 Å². The standard InChI is InChI=1S/C24H22Cl2N2O2S/c1-3-22(24(30)28-21-11-10-17(25)13-20(21)26)31-19-9-5-8-18(14-19)27-23(29)16-7-4-6-15(2)12-16/h4-14,22H,3H2,1-2H3,(H,27,29)(H,28,30). The molecule has 3 rings (SSSR count). The molecule has 3 aromatic rings. The maximum Gasteiger partial charge on any atom is 0.255 e. The van der Waals surface area contributed by atoms with Crippen LogP contribution in [0.5, 0.6) is 0 Å². The molecule has 0 aliphatic heterocycles. The molecule has 31 heavy (non-hydrogen) atoms. The number of hydrogen-bond acceptors (Lipinski definition) is 3. The van der Waals surface area contributed by atoms with E-state index in [-0.39, 0.29) is 17.1 Å². The lowest BCUT2D eigenvalue weighted by Gasteiger charge is -2.16. The second-order valence-electron chi connectivity index (χ2n) is 6.98. The van der Waals surface area contributed by atoms with Crippen molar-refractivity contribution in [2.24, 2.45) is 0 Å². The fraction of sp³-hybridized carbons (Fsp3) is 0.167. The predicted molar refractivity (Wildman–Crippen MR) is 131 cm³/mol. The van der Waals surface area contributed by atoms with E-state index in [1.165, 1.54) is 11.8 Å². The average molecular weight is 473 g/mol. The van der Waals surface area contributed by atoms with Crippen LogP contribution in [0.15, 0.2) is 71.6 Å². The molecule has 1 unspecified atom stereocenters. The average Bonchev–Trinajstić information content (AvgIpc) is 2.74. The molecule has 160 valence electrons. The number of nitrogens with one attached hydrogen (secondary N) is 2. The molecule has 0 saturated heterocycles. The number of aryl methyl sites for hydroxylation is 1. The number of carbonyl (C=O) groups is 2. The number of rotatable bonds is 7. The first-order valence-corrected chi connectivity index (χ1v) is 11.4. The molecule has 7 heteroatoms. The van der Waals surface area contributed by atoms with Gasteiger partial charge in [-0.2, -0.15) is 0 Å². The third-order valence-corrected chi connectivity index (χ3v) is 6.41. The molecule has 0 aliphatic carbocycles. The smallest absolute Gasteiger partial charge is 0.255 e. The second kappa shape index (κ2) is 10.7. The number of thioether (sulfide) groups is 1. The maximum atomic E-state index is 12.8. The van der Waals surface area contributed by atoms with Crippen molar-refractivity contribution in [3.63, 3.8) is 0 Å². The van der Waals surface area contributed by atoms with E-state index in [0.717, 1.165) is 10.5 Å². The van der Waals surface area contributed by atoms with Gasteiger partial charge in [-0.1, -0.05) is 53.9 Å². The summed E-state index contributed by atoms with van der Waals surface area (Å²) in [6.45, 7) is 3.89. The van der Waals surface area contributed by atoms with Gasteiger partial charge in [0.1, 0.15) is 0 Å². The lowest BCUT2D eigenvalue weighted by Crippen LogP contribution is -2.24. The Morgan fingerprint density at radius 1 is 0.968 bits per heavy atom. The topological polar surface area (TPSA) is 58.2 Å². The van der Waals surface area contributed by atoms with Crippen molar-refractivity contribution in [2.75, 3.05) is 10.6 Å². The van der Waals surface area contributed by atoms with Crippen molar-refractivity contribution < 1.29 is 9.59 Å². The van der Waals surface area contributed by atoms with E-state index >= 15 is 0 Å². The minimum atomic E-state index is -0.325. The zero-order chi connectivity index (χ0) is 22.4.